The normalized spacial score (nSPS) is 22.1. The molecule has 0 radical (unpaired) electrons. The van der Waals surface area contributed by atoms with Gasteiger partial charge in [-0.3, -0.25) is 4.79 Å². The highest BCUT2D eigenvalue weighted by Gasteiger charge is 2.57. The lowest BCUT2D eigenvalue weighted by molar-refractivity contribution is -0.192. The van der Waals surface area contributed by atoms with Crippen LogP contribution >= 0.6 is 11.8 Å². The molecule has 4 atom stereocenters. The number of hydrogen-bond acceptors (Lipinski definition) is 6. The Morgan fingerprint density at radius 3 is 2.65 bits per heavy atom. The topological polar surface area (TPSA) is 65.1 Å². The number of ether oxygens (including phenoxy) is 3. The lowest BCUT2D eigenvalue weighted by Crippen LogP contribution is -2.62. The van der Waals surface area contributed by atoms with Crippen LogP contribution in [-0.2, 0) is 29.6 Å². The molecule has 1 amide bonds. The molecule has 3 rings (SSSR count). The maximum Gasteiger partial charge on any atom is 0.356 e. The molecule has 6 nitrogen and oxygen atoms in total. The average molecular weight is 446 g/mol. The molecule has 1 fully saturated rings. The smallest absolute Gasteiger partial charge is 0.356 e. The fourth-order valence-electron chi connectivity index (χ4n) is 4.00. The van der Waals surface area contributed by atoms with Gasteiger partial charge in [0.2, 0.25) is 5.91 Å². The Labute approximate surface area is 188 Å². The molecular formula is C24H31NO5S. The fourth-order valence-corrected chi connectivity index (χ4v) is 5.14. The minimum Gasteiger partial charge on any atom is -0.456 e. The molecule has 168 valence electrons. The van der Waals surface area contributed by atoms with Crippen molar-refractivity contribution in [1.29, 1.82) is 0 Å². The predicted molar refractivity (Wildman–Crippen MR) is 121 cm³/mol. The first-order chi connectivity index (χ1) is 14.8. The molecule has 3 unspecified atom stereocenters. The van der Waals surface area contributed by atoms with Gasteiger partial charge in [-0.2, -0.15) is 0 Å². The summed E-state index contributed by atoms with van der Waals surface area (Å²) in [6.45, 7) is 11.9. The van der Waals surface area contributed by atoms with E-state index >= 15 is 0 Å². The van der Waals surface area contributed by atoms with Crippen LogP contribution in [0.15, 0.2) is 53.1 Å². The van der Waals surface area contributed by atoms with Crippen LogP contribution in [0.25, 0.3) is 0 Å². The summed E-state index contributed by atoms with van der Waals surface area (Å²) in [4.78, 5) is 28.4. The molecule has 0 aliphatic carbocycles. The number of β-lactam (4-membered cyclic amide) rings is 1. The Morgan fingerprint density at radius 2 is 2.00 bits per heavy atom. The van der Waals surface area contributed by atoms with Crippen molar-refractivity contribution in [1.82, 2.24) is 4.90 Å². The van der Waals surface area contributed by atoms with Crippen molar-refractivity contribution in [3.63, 3.8) is 0 Å². The van der Waals surface area contributed by atoms with Gasteiger partial charge < -0.3 is 19.1 Å². The number of fused-ring (bicyclic) bond motifs is 1. The molecule has 2 heterocycles. The highest BCUT2D eigenvalue weighted by Crippen LogP contribution is 2.48. The largest absolute Gasteiger partial charge is 0.456 e. The molecule has 0 bridgehead atoms. The number of hydrogen-bond donors (Lipinski definition) is 0. The third kappa shape index (κ3) is 5.40. The molecule has 0 aromatic heterocycles. The minimum absolute atomic E-state index is 0.0954. The van der Waals surface area contributed by atoms with Crippen molar-refractivity contribution in [3.05, 3.63) is 58.6 Å². The lowest BCUT2D eigenvalue weighted by atomic mass is 9.83. The van der Waals surface area contributed by atoms with Crippen molar-refractivity contribution >= 4 is 23.6 Å². The molecule has 2 aliphatic rings. The maximum absolute atomic E-state index is 13.0. The van der Waals surface area contributed by atoms with Gasteiger partial charge in [0.1, 0.15) is 12.3 Å². The number of benzene rings is 1. The standard InChI is InChI=1S/C24H31NO5S/c1-6-28-17(5)30-16(4)21-19-12-20(31-14-18-10-8-7-9-11-18)22(25(19)23(21)26)24(27)29-13-15(2)3/h7-11,16-17,19,21H,2,6,12-14H2,1,3-5H3/t16?,17?,19-,21?/m1/s1. The highest BCUT2D eigenvalue weighted by molar-refractivity contribution is 8.02. The summed E-state index contributed by atoms with van der Waals surface area (Å²) in [6.07, 6.45) is -0.0631. The van der Waals surface area contributed by atoms with Gasteiger partial charge in [0.15, 0.2) is 6.29 Å². The third-order valence-electron chi connectivity index (χ3n) is 5.38. The third-order valence-corrected chi connectivity index (χ3v) is 6.57. The number of thioether (sulfide) groups is 1. The number of amides is 1. The number of esters is 1. The second-order valence-corrected chi connectivity index (χ2v) is 9.02. The number of carbonyl (C=O) groups is 2. The summed E-state index contributed by atoms with van der Waals surface area (Å²) < 4.78 is 16.8. The number of rotatable bonds is 11. The Morgan fingerprint density at radius 1 is 1.29 bits per heavy atom. The van der Waals surface area contributed by atoms with Gasteiger partial charge in [0.05, 0.1) is 18.1 Å². The lowest BCUT2D eigenvalue weighted by Gasteiger charge is -2.46. The van der Waals surface area contributed by atoms with Crippen LogP contribution in [0, 0.1) is 5.92 Å². The van der Waals surface area contributed by atoms with Crippen molar-refractivity contribution in [2.45, 2.75) is 58.3 Å². The van der Waals surface area contributed by atoms with E-state index in [4.69, 9.17) is 14.2 Å². The second kappa shape index (κ2) is 10.5. The Hall–Kier alpha value is -2.09. The zero-order valence-electron chi connectivity index (χ0n) is 18.6. The van der Waals surface area contributed by atoms with E-state index in [-0.39, 0.29) is 36.9 Å². The van der Waals surface area contributed by atoms with Crippen LogP contribution in [0.2, 0.25) is 0 Å². The van der Waals surface area contributed by atoms with Gasteiger partial charge >= 0.3 is 5.97 Å². The Bertz CT molecular complexity index is 853. The monoisotopic (exact) mass is 445 g/mol. The van der Waals surface area contributed by atoms with Crippen LogP contribution in [0.5, 0.6) is 0 Å². The van der Waals surface area contributed by atoms with Crippen LogP contribution in [-0.4, -0.2) is 48.4 Å². The first kappa shape index (κ1) is 23.6. The zero-order valence-corrected chi connectivity index (χ0v) is 19.4. The summed E-state index contributed by atoms with van der Waals surface area (Å²) in [5, 5.41) is 0. The van der Waals surface area contributed by atoms with E-state index in [1.54, 1.807) is 23.6 Å². The Balaban J connectivity index is 1.75. The van der Waals surface area contributed by atoms with E-state index in [2.05, 4.69) is 18.7 Å². The van der Waals surface area contributed by atoms with Crippen molar-refractivity contribution < 1.29 is 23.8 Å². The van der Waals surface area contributed by atoms with Gasteiger partial charge in [0.25, 0.3) is 0 Å². The molecule has 31 heavy (non-hydrogen) atoms. The number of nitrogens with zero attached hydrogens (tertiary/aromatic N) is 1. The number of carbonyl (C=O) groups excluding carboxylic acids is 2. The molecule has 1 aromatic rings. The van der Waals surface area contributed by atoms with E-state index < -0.39 is 5.97 Å². The molecular weight excluding hydrogens is 414 g/mol. The molecule has 0 saturated carbocycles. The van der Waals surface area contributed by atoms with E-state index in [1.165, 1.54) is 0 Å². The van der Waals surface area contributed by atoms with E-state index in [1.807, 2.05) is 39.0 Å². The summed E-state index contributed by atoms with van der Waals surface area (Å²) in [6, 6.07) is 9.97. The summed E-state index contributed by atoms with van der Waals surface area (Å²) in [5.74, 6) is -0.148. The van der Waals surface area contributed by atoms with Crippen LogP contribution in [0.1, 0.15) is 39.7 Å². The van der Waals surface area contributed by atoms with Crippen LogP contribution in [0.3, 0.4) is 0 Å². The van der Waals surface area contributed by atoms with Gasteiger partial charge in [-0.1, -0.05) is 36.9 Å². The summed E-state index contributed by atoms with van der Waals surface area (Å²) >= 11 is 1.59. The van der Waals surface area contributed by atoms with Gasteiger partial charge in [-0.05, 0) is 38.8 Å². The van der Waals surface area contributed by atoms with E-state index in [9.17, 15) is 9.59 Å². The molecule has 2 aliphatic heterocycles. The zero-order chi connectivity index (χ0) is 22.5. The predicted octanol–water partition coefficient (Wildman–Crippen LogP) is 4.27. The average Bonchev–Trinajstić information content (AvgIpc) is 3.05. The molecule has 1 aromatic carbocycles. The van der Waals surface area contributed by atoms with Gasteiger partial charge in [-0.25, -0.2) is 4.79 Å². The van der Waals surface area contributed by atoms with Gasteiger partial charge in [0, 0.05) is 23.7 Å². The van der Waals surface area contributed by atoms with E-state index in [0.29, 0.717) is 18.7 Å². The van der Waals surface area contributed by atoms with Crippen LogP contribution < -0.4 is 0 Å². The van der Waals surface area contributed by atoms with Crippen molar-refractivity contribution in [2.24, 2.45) is 5.92 Å². The highest BCUT2D eigenvalue weighted by atomic mass is 32.2. The molecule has 0 spiro atoms. The Kier molecular flexibility index (Phi) is 7.97. The molecule has 7 heteroatoms. The SMILES string of the molecule is C=C(C)COC(=O)C1=C(SCc2ccccc2)C[C@@H]2C(C(C)OC(C)OCC)C(=O)N12. The maximum atomic E-state index is 13.0. The van der Waals surface area contributed by atoms with Crippen LogP contribution in [0.4, 0.5) is 0 Å². The summed E-state index contributed by atoms with van der Waals surface area (Å²) in [5.41, 5.74) is 2.29. The quantitative estimate of drug-likeness (QED) is 0.219. The fraction of sp³-hybridized carbons (Fsp3) is 0.500. The van der Waals surface area contributed by atoms with Crippen molar-refractivity contribution in [2.75, 3.05) is 13.2 Å². The second-order valence-electron chi connectivity index (χ2n) is 7.95. The minimum atomic E-state index is -0.468. The van der Waals surface area contributed by atoms with Gasteiger partial charge in [-0.15, -0.1) is 11.8 Å². The van der Waals surface area contributed by atoms with Crippen molar-refractivity contribution in [3.8, 4) is 0 Å². The van der Waals surface area contributed by atoms with E-state index in [0.717, 1.165) is 21.8 Å². The summed E-state index contributed by atoms with van der Waals surface area (Å²) in [7, 11) is 0. The first-order valence-corrected chi connectivity index (χ1v) is 11.6. The first-order valence-electron chi connectivity index (χ1n) is 10.6. The molecule has 1 saturated heterocycles. The molecule has 0 N–H and O–H groups in total.